The molecule has 1 aliphatic carbocycles. The second kappa shape index (κ2) is 7.70. The Balaban J connectivity index is 1.65. The first-order valence-corrected chi connectivity index (χ1v) is 9.54. The van der Waals surface area contributed by atoms with Gasteiger partial charge in [-0.05, 0) is 66.8 Å². The predicted octanol–water partition coefficient (Wildman–Crippen LogP) is 3.76. The van der Waals surface area contributed by atoms with Gasteiger partial charge in [0.15, 0.2) is 11.5 Å². The molecule has 28 heavy (non-hydrogen) atoms. The van der Waals surface area contributed by atoms with E-state index >= 15 is 0 Å². The molecule has 0 spiro atoms. The number of hydrogen-bond acceptors (Lipinski definition) is 4. The third-order valence-corrected chi connectivity index (χ3v) is 5.43. The summed E-state index contributed by atoms with van der Waals surface area (Å²) < 4.78 is 30.0. The Morgan fingerprint density at radius 3 is 2.43 bits per heavy atom. The fourth-order valence-electron chi connectivity index (χ4n) is 3.74. The van der Waals surface area contributed by atoms with E-state index < -0.39 is 0 Å². The summed E-state index contributed by atoms with van der Waals surface area (Å²) >= 11 is 0. The fraction of sp³-hybridized carbons (Fsp3) is 0.409. The first-order chi connectivity index (χ1) is 13.6. The van der Waals surface area contributed by atoms with Crippen LogP contribution in [0.4, 0.5) is 4.39 Å². The van der Waals surface area contributed by atoms with Gasteiger partial charge in [-0.25, -0.2) is 4.39 Å². The molecule has 1 fully saturated rings. The van der Waals surface area contributed by atoms with Gasteiger partial charge in [-0.2, -0.15) is 0 Å². The van der Waals surface area contributed by atoms with Crippen LogP contribution in [-0.4, -0.2) is 38.2 Å². The summed E-state index contributed by atoms with van der Waals surface area (Å²) in [6.07, 6.45) is 2.68. The number of benzene rings is 2. The molecule has 1 aliphatic heterocycles. The van der Waals surface area contributed by atoms with Gasteiger partial charge in [-0.3, -0.25) is 4.79 Å². The van der Waals surface area contributed by atoms with E-state index in [-0.39, 0.29) is 23.7 Å². The average Bonchev–Trinajstić information content (AvgIpc) is 3.56. The zero-order valence-electron chi connectivity index (χ0n) is 16.1. The third-order valence-electron chi connectivity index (χ3n) is 5.43. The molecule has 1 atom stereocenters. The largest absolute Gasteiger partial charge is 0.493 e. The van der Waals surface area contributed by atoms with Crippen LogP contribution in [0.1, 0.15) is 30.0 Å². The molecule has 0 unspecified atom stereocenters. The lowest BCUT2D eigenvalue weighted by atomic mass is 9.91. The summed E-state index contributed by atoms with van der Waals surface area (Å²) in [4.78, 5) is 14.8. The molecule has 4 rings (SSSR count). The van der Waals surface area contributed by atoms with E-state index in [1.54, 1.807) is 26.4 Å². The zero-order valence-corrected chi connectivity index (χ0v) is 16.1. The van der Waals surface area contributed by atoms with Gasteiger partial charge in [0.25, 0.3) is 0 Å². The summed E-state index contributed by atoms with van der Waals surface area (Å²) in [5.74, 6) is 1.91. The van der Waals surface area contributed by atoms with E-state index in [2.05, 4.69) is 0 Å². The minimum Gasteiger partial charge on any atom is -0.493 e. The van der Waals surface area contributed by atoms with Crippen LogP contribution < -0.4 is 14.2 Å². The van der Waals surface area contributed by atoms with Crippen molar-refractivity contribution in [2.24, 2.45) is 5.92 Å². The van der Waals surface area contributed by atoms with E-state index in [1.165, 1.54) is 12.1 Å². The summed E-state index contributed by atoms with van der Waals surface area (Å²) in [6, 6.07) is 9.64. The third kappa shape index (κ3) is 3.63. The fourth-order valence-corrected chi connectivity index (χ4v) is 3.74. The molecule has 2 aliphatic rings. The molecular weight excluding hydrogens is 361 g/mol. The Hall–Kier alpha value is -2.76. The lowest BCUT2D eigenvalue weighted by Crippen LogP contribution is -2.43. The number of rotatable bonds is 6. The van der Waals surface area contributed by atoms with Crippen LogP contribution in [0.3, 0.4) is 0 Å². The second-order valence-corrected chi connectivity index (χ2v) is 7.24. The minimum atomic E-state index is -0.308. The summed E-state index contributed by atoms with van der Waals surface area (Å²) in [7, 11) is 3.22. The molecule has 1 saturated carbocycles. The van der Waals surface area contributed by atoms with Crippen molar-refractivity contribution in [2.45, 2.75) is 25.3 Å². The Bertz CT molecular complexity index is 864. The molecule has 0 aromatic heterocycles. The SMILES string of the molecule is COc1cc2c(cc1OC)[C@@H](COc1ccc(F)cc1)N(C(=O)C1CC1)CC2. The highest BCUT2D eigenvalue weighted by Crippen LogP contribution is 2.41. The van der Waals surface area contributed by atoms with E-state index in [0.29, 0.717) is 30.4 Å². The molecule has 1 heterocycles. The van der Waals surface area contributed by atoms with E-state index in [4.69, 9.17) is 14.2 Å². The molecule has 148 valence electrons. The lowest BCUT2D eigenvalue weighted by molar-refractivity contribution is -0.136. The monoisotopic (exact) mass is 385 g/mol. The lowest BCUT2D eigenvalue weighted by Gasteiger charge is -2.37. The summed E-state index contributed by atoms with van der Waals surface area (Å²) in [6.45, 7) is 0.946. The Kier molecular flexibility index (Phi) is 5.11. The number of ether oxygens (including phenoxy) is 3. The number of methoxy groups -OCH3 is 2. The van der Waals surface area contributed by atoms with Gasteiger partial charge < -0.3 is 19.1 Å². The van der Waals surface area contributed by atoms with Crippen molar-refractivity contribution in [2.75, 3.05) is 27.4 Å². The number of fused-ring (bicyclic) bond motifs is 1. The number of carbonyl (C=O) groups excluding carboxylic acids is 1. The molecule has 2 aromatic rings. The molecule has 6 heteroatoms. The van der Waals surface area contributed by atoms with Gasteiger partial charge in [0.1, 0.15) is 18.2 Å². The number of amides is 1. The second-order valence-electron chi connectivity index (χ2n) is 7.24. The maximum atomic E-state index is 13.2. The first-order valence-electron chi connectivity index (χ1n) is 9.54. The van der Waals surface area contributed by atoms with Gasteiger partial charge in [-0.15, -0.1) is 0 Å². The molecule has 0 radical (unpaired) electrons. The van der Waals surface area contributed by atoms with Crippen LogP contribution in [-0.2, 0) is 11.2 Å². The number of nitrogens with zero attached hydrogens (tertiary/aromatic N) is 1. The zero-order chi connectivity index (χ0) is 19.7. The molecule has 1 amide bonds. The van der Waals surface area contributed by atoms with Crippen molar-refractivity contribution in [3.8, 4) is 17.2 Å². The van der Waals surface area contributed by atoms with Crippen LogP contribution in [0.25, 0.3) is 0 Å². The van der Waals surface area contributed by atoms with Crippen molar-refractivity contribution >= 4 is 5.91 Å². The number of carbonyl (C=O) groups is 1. The molecule has 2 aromatic carbocycles. The van der Waals surface area contributed by atoms with E-state index in [1.807, 2.05) is 17.0 Å². The Labute approximate surface area is 164 Å². The quantitative estimate of drug-likeness (QED) is 0.760. The Morgan fingerprint density at radius 1 is 1.11 bits per heavy atom. The minimum absolute atomic E-state index is 0.134. The maximum absolute atomic E-state index is 13.2. The van der Waals surface area contributed by atoms with Gasteiger partial charge in [0, 0.05) is 12.5 Å². The van der Waals surface area contributed by atoms with Crippen LogP contribution in [0.5, 0.6) is 17.2 Å². The van der Waals surface area contributed by atoms with Gasteiger partial charge in [-0.1, -0.05) is 0 Å². The van der Waals surface area contributed by atoms with Crippen molar-refractivity contribution in [1.29, 1.82) is 0 Å². The van der Waals surface area contributed by atoms with E-state index in [9.17, 15) is 9.18 Å². The molecular formula is C22H24FNO4. The van der Waals surface area contributed by atoms with Crippen molar-refractivity contribution in [3.63, 3.8) is 0 Å². The first kappa shape index (κ1) is 18.6. The molecule has 0 N–H and O–H groups in total. The normalized spacial score (nSPS) is 18.4. The van der Waals surface area contributed by atoms with Crippen molar-refractivity contribution < 1.29 is 23.4 Å². The standard InChI is InChI=1S/C22H24FNO4/c1-26-20-11-15-9-10-24(22(25)14-3-4-14)19(18(15)12-21(20)27-2)13-28-17-7-5-16(23)6-8-17/h5-8,11-12,14,19H,3-4,9-10,13H2,1-2H3/t19-/m1/s1. The number of halogens is 1. The van der Waals surface area contributed by atoms with E-state index in [0.717, 1.165) is 30.4 Å². The van der Waals surface area contributed by atoms with Crippen molar-refractivity contribution in [1.82, 2.24) is 4.90 Å². The Morgan fingerprint density at radius 2 is 1.79 bits per heavy atom. The highest BCUT2D eigenvalue weighted by atomic mass is 19.1. The average molecular weight is 385 g/mol. The van der Waals surface area contributed by atoms with Crippen LogP contribution >= 0.6 is 0 Å². The predicted molar refractivity (Wildman–Crippen MR) is 102 cm³/mol. The molecule has 5 nitrogen and oxygen atoms in total. The van der Waals surface area contributed by atoms with Gasteiger partial charge >= 0.3 is 0 Å². The topological polar surface area (TPSA) is 48.0 Å². The highest BCUT2D eigenvalue weighted by Gasteiger charge is 2.39. The van der Waals surface area contributed by atoms with Crippen LogP contribution in [0, 0.1) is 11.7 Å². The molecule has 0 saturated heterocycles. The number of hydrogen-bond donors (Lipinski definition) is 0. The molecule has 0 bridgehead atoms. The maximum Gasteiger partial charge on any atom is 0.226 e. The highest BCUT2D eigenvalue weighted by molar-refractivity contribution is 5.82. The van der Waals surface area contributed by atoms with Crippen LogP contribution in [0.2, 0.25) is 0 Å². The van der Waals surface area contributed by atoms with Crippen molar-refractivity contribution in [3.05, 3.63) is 53.3 Å². The van der Waals surface area contributed by atoms with Crippen LogP contribution in [0.15, 0.2) is 36.4 Å². The summed E-state index contributed by atoms with van der Waals surface area (Å²) in [5.41, 5.74) is 2.14. The van der Waals surface area contributed by atoms with Gasteiger partial charge in [0.05, 0.1) is 20.3 Å². The summed E-state index contributed by atoms with van der Waals surface area (Å²) in [5, 5.41) is 0. The smallest absolute Gasteiger partial charge is 0.226 e. The van der Waals surface area contributed by atoms with Gasteiger partial charge in [0.2, 0.25) is 5.91 Å².